The first kappa shape index (κ1) is 17.7. The number of aromatic hydroxyl groups is 1. The first-order chi connectivity index (χ1) is 13.4. The van der Waals surface area contributed by atoms with Crippen LogP contribution in [0.4, 0.5) is 11.4 Å². The van der Waals surface area contributed by atoms with E-state index in [2.05, 4.69) is 0 Å². The Morgan fingerprint density at radius 1 is 0.893 bits per heavy atom. The van der Waals surface area contributed by atoms with Crippen LogP contribution in [0.15, 0.2) is 60.7 Å². The lowest BCUT2D eigenvalue weighted by molar-refractivity contribution is -0.384. The van der Waals surface area contributed by atoms with Crippen LogP contribution in [-0.4, -0.2) is 21.8 Å². The standard InChI is InChI=1S/C20H11ClN2O5/c21-17-14(23(27)28)10-9-13-16(17)20(26)22(19(13)25)18-12(7-4-8-15(18)24)11-5-2-1-3-6-11/h1-10,24H. The second-order valence-corrected chi connectivity index (χ2v) is 6.44. The van der Waals surface area contributed by atoms with Crippen LogP contribution in [0, 0.1) is 10.1 Å². The van der Waals surface area contributed by atoms with Crippen molar-refractivity contribution in [3.63, 3.8) is 0 Å². The van der Waals surface area contributed by atoms with Gasteiger partial charge in [-0.1, -0.05) is 54.1 Å². The lowest BCUT2D eigenvalue weighted by Crippen LogP contribution is -2.30. The molecule has 0 spiro atoms. The van der Waals surface area contributed by atoms with Crippen LogP contribution in [0.2, 0.25) is 5.02 Å². The Morgan fingerprint density at radius 2 is 1.61 bits per heavy atom. The molecule has 0 saturated heterocycles. The topological polar surface area (TPSA) is 101 Å². The summed E-state index contributed by atoms with van der Waals surface area (Å²) in [6.07, 6.45) is 0. The summed E-state index contributed by atoms with van der Waals surface area (Å²) in [5.41, 5.74) is 0.372. The smallest absolute Gasteiger partial charge is 0.288 e. The average Bonchev–Trinajstić information content (AvgIpc) is 2.93. The molecule has 4 rings (SSSR count). The molecule has 3 aromatic carbocycles. The van der Waals surface area contributed by atoms with Crippen molar-refractivity contribution in [2.75, 3.05) is 4.90 Å². The molecule has 1 N–H and O–H groups in total. The molecule has 0 unspecified atom stereocenters. The van der Waals surface area contributed by atoms with Gasteiger partial charge in [0.2, 0.25) is 0 Å². The quantitative estimate of drug-likeness (QED) is 0.402. The lowest BCUT2D eigenvalue weighted by Gasteiger charge is -2.19. The van der Waals surface area contributed by atoms with Crippen LogP contribution in [0.1, 0.15) is 20.7 Å². The molecule has 0 atom stereocenters. The number of rotatable bonds is 3. The molecule has 0 aliphatic carbocycles. The Labute approximate surface area is 163 Å². The zero-order chi connectivity index (χ0) is 20.0. The number of para-hydroxylation sites is 1. The number of nitrogens with zero attached hydrogens (tertiary/aromatic N) is 2. The first-order valence-electron chi connectivity index (χ1n) is 8.15. The molecule has 0 radical (unpaired) electrons. The van der Waals surface area contributed by atoms with E-state index in [1.165, 1.54) is 12.1 Å². The van der Waals surface area contributed by atoms with Crippen LogP contribution < -0.4 is 4.90 Å². The van der Waals surface area contributed by atoms with Crippen LogP contribution in [0.3, 0.4) is 0 Å². The summed E-state index contributed by atoms with van der Waals surface area (Å²) < 4.78 is 0. The Morgan fingerprint density at radius 3 is 2.29 bits per heavy atom. The third-order valence-corrected chi connectivity index (χ3v) is 4.87. The Balaban J connectivity index is 1.93. The van der Waals surface area contributed by atoms with Crippen molar-refractivity contribution in [1.82, 2.24) is 0 Å². The number of carbonyl (C=O) groups excluding carboxylic acids is 2. The molecule has 0 bridgehead atoms. The number of phenolic OH excluding ortho intramolecular Hbond substituents is 1. The van der Waals surface area contributed by atoms with Gasteiger partial charge in [0.25, 0.3) is 17.5 Å². The number of nitro benzene ring substituents is 1. The maximum absolute atomic E-state index is 13.0. The number of imide groups is 1. The zero-order valence-corrected chi connectivity index (χ0v) is 14.9. The van der Waals surface area contributed by atoms with Gasteiger partial charge >= 0.3 is 0 Å². The molecule has 3 aromatic rings. The van der Waals surface area contributed by atoms with Crippen molar-refractivity contribution < 1.29 is 19.6 Å². The molecule has 138 valence electrons. The van der Waals surface area contributed by atoms with Gasteiger partial charge in [0.05, 0.1) is 16.1 Å². The minimum Gasteiger partial charge on any atom is -0.506 e. The molecule has 1 heterocycles. The number of hydrogen-bond donors (Lipinski definition) is 1. The Hall–Kier alpha value is -3.71. The van der Waals surface area contributed by atoms with E-state index >= 15 is 0 Å². The third-order valence-electron chi connectivity index (χ3n) is 4.49. The second kappa shape index (κ2) is 6.47. The normalized spacial score (nSPS) is 13.0. The zero-order valence-electron chi connectivity index (χ0n) is 14.1. The largest absolute Gasteiger partial charge is 0.506 e. The number of phenols is 1. The van der Waals surface area contributed by atoms with E-state index in [0.29, 0.717) is 11.1 Å². The first-order valence-corrected chi connectivity index (χ1v) is 8.52. The van der Waals surface area contributed by atoms with Crippen molar-refractivity contribution in [2.24, 2.45) is 0 Å². The number of carbonyl (C=O) groups is 2. The van der Waals surface area contributed by atoms with E-state index in [0.717, 1.165) is 11.0 Å². The van der Waals surface area contributed by atoms with Crippen LogP contribution >= 0.6 is 11.6 Å². The van der Waals surface area contributed by atoms with Crippen molar-refractivity contribution in [2.45, 2.75) is 0 Å². The highest BCUT2D eigenvalue weighted by Gasteiger charge is 2.42. The van der Waals surface area contributed by atoms with Crippen molar-refractivity contribution in [3.05, 3.63) is 86.9 Å². The van der Waals surface area contributed by atoms with E-state index in [-0.39, 0.29) is 22.6 Å². The number of amides is 2. The third kappa shape index (κ3) is 2.52. The van der Waals surface area contributed by atoms with E-state index < -0.39 is 27.4 Å². The minimum atomic E-state index is -0.826. The molecule has 0 aromatic heterocycles. The predicted molar refractivity (Wildman–Crippen MR) is 103 cm³/mol. The summed E-state index contributed by atoms with van der Waals surface area (Å²) in [6.45, 7) is 0. The van der Waals surface area contributed by atoms with E-state index in [4.69, 9.17) is 11.6 Å². The molecule has 1 aliphatic heterocycles. The van der Waals surface area contributed by atoms with Gasteiger partial charge in [-0.25, -0.2) is 4.90 Å². The predicted octanol–water partition coefficient (Wildman–Crippen LogP) is 4.42. The molecule has 1 aliphatic rings. The maximum Gasteiger partial charge on any atom is 0.288 e. The fourth-order valence-corrected chi connectivity index (χ4v) is 3.55. The van der Waals surface area contributed by atoms with Crippen LogP contribution in [-0.2, 0) is 0 Å². The monoisotopic (exact) mass is 394 g/mol. The van der Waals surface area contributed by atoms with Crippen molar-refractivity contribution >= 4 is 34.8 Å². The van der Waals surface area contributed by atoms with Gasteiger partial charge < -0.3 is 5.11 Å². The number of hydrogen-bond acceptors (Lipinski definition) is 5. The number of halogens is 1. The molecule has 0 saturated carbocycles. The van der Waals surface area contributed by atoms with Gasteiger partial charge in [0, 0.05) is 11.6 Å². The highest BCUT2D eigenvalue weighted by Crippen LogP contribution is 2.44. The minimum absolute atomic E-state index is 0.00128. The van der Waals surface area contributed by atoms with Gasteiger partial charge in [-0.2, -0.15) is 0 Å². The Bertz CT molecular complexity index is 1160. The SMILES string of the molecule is O=C1c2ccc([N+](=O)[O-])c(Cl)c2C(=O)N1c1c(O)cccc1-c1ccccc1. The average molecular weight is 395 g/mol. The van der Waals surface area contributed by atoms with E-state index in [1.807, 2.05) is 6.07 Å². The van der Waals surface area contributed by atoms with Gasteiger partial charge in [-0.15, -0.1) is 0 Å². The number of anilines is 1. The Kier molecular flexibility index (Phi) is 4.09. The fraction of sp³-hybridized carbons (Fsp3) is 0. The van der Waals surface area contributed by atoms with Crippen LogP contribution in [0.25, 0.3) is 11.1 Å². The van der Waals surface area contributed by atoms with Crippen molar-refractivity contribution in [3.8, 4) is 16.9 Å². The molecule has 8 heteroatoms. The van der Waals surface area contributed by atoms with Gasteiger partial charge in [0.15, 0.2) is 0 Å². The lowest BCUT2D eigenvalue weighted by atomic mass is 10.0. The fourth-order valence-electron chi connectivity index (χ4n) is 3.24. The molecule has 2 amide bonds. The molecule has 0 fully saturated rings. The molecule has 7 nitrogen and oxygen atoms in total. The summed E-state index contributed by atoms with van der Waals surface area (Å²) in [5, 5.41) is 21.2. The molecular weight excluding hydrogens is 384 g/mol. The maximum atomic E-state index is 13.0. The summed E-state index contributed by atoms with van der Waals surface area (Å²) >= 11 is 6.05. The summed E-state index contributed by atoms with van der Waals surface area (Å²) in [4.78, 5) is 37.2. The van der Waals surface area contributed by atoms with Crippen LogP contribution in [0.5, 0.6) is 5.75 Å². The van der Waals surface area contributed by atoms with E-state index in [1.54, 1.807) is 36.4 Å². The van der Waals surface area contributed by atoms with E-state index in [9.17, 15) is 24.8 Å². The van der Waals surface area contributed by atoms with Gasteiger partial charge in [0.1, 0.15) is 16.5 Å². The van der Waals surface area contributed by atoms with Crippen molar-refractivity contribution in [1.29, 1.82) is 0 Å². The van der Waals surface area contributed by atoms with Gasteiger partial charge in [-0.3, -0.25) is 19.7 Å². The number of fused-ring (bicyclic) bond motifs is 1. The van der Waals surface area contributed by atoms with Gasteiger partial charge in [-0.05, 0) is 17.7 Å². The summed E-state index contributed by atoms with van der Waals surface area (Å²) in [5.74, 6) is -1.82. The highest BCUT2D eigenvalue weighted by molar-refractivity contribution is 6.43. The summed E-state index contributed by atoms with van der Waals surface area (Å²) in [6, 6.07) is 15.8. The number of nitro groups is 1. The highest BCUT2D eigenvalue weighted by atomic mass is 35.5. The second-order valence-electron chi connectivity index (χ2n) is 6.06. The molecular formula is C20H11ClN2O5. The molecule has 28 heavy (non-hydrogen) atoms. The summed E-state index contributed by atoms with van der Waals surface area (Å²) in [7, 11) is 0. The number of benzene rings is 3.